The molecule has 0 heterocycles. The zero-order valence-electron chi connectivity index (χ0n) is 53.4. The third-order valence-electron chi connectivity index (χ3n) is 13.7. The normalized spacial score (nSPS) is 13.2. The Balaban J connectivity index is 4.52. The Morgan fingerprint density at radius 2 is 0.482 bits per heavy atom. The van der Waals surface area contributed by atoms with Gasteiger partial charge in [-0.2, -0.15) is 0 Å². The number of unbranched alkanes of at least 4 members (excludes halogenated alkanes) is 20. The van der Waals surface area contributed by atoms with E-state index in [0.29, 0.717) is 19.3 Å². The van der Waals surface area contributed by atoms with Crippen molar-refractivity contribution >= 4 is 17.9 Å². The lowest BCUT2D eigenvalue weighted by Gasteiger charge is -2.18. The molecule has 466 valence electrons. The lowest BCUT2D eigenvalue weighted by atomic mass is 10.1. The minimum Gasteiger partial charge on any atom is -0.462 e. The number of rotatable bonds is 59. The number of hydrogen-bond acceptors (Lipinski definition) is 6. The summed E-state index contributed by atoms with van der Waals surface area (Å²) >= 11 is 0. The molecule has 6 heteroatoms. The van der Waals surface area contributed by atoms with E-state index in [1.54, 1.807) is 0 Å². The van der Waals surface area contributed by atoms with Crippen molar-refractivity contribution in [2.75, 3.05) is 13.2 Å². The van der Waals surface area contributed by atoms with Gasteiger partial charge in [-0.25, -0.2) is 0 Å². The van der Waals surface area contributed by atoms with Gasteiger partial charge in [-0.15, -0.1) is 0 Å². The van der Waals surface area contributed by atoms with Gasteiger partial charge in [-0.05, 0) is 148 Å². The summed E-state index contributed by atoms with van der Waals surface area (Å²) in [5.41, 5.74) is 0. The maximum Gasteiger partial charge on any atom is 0.306 e. The Hall–Kier alpha value is -5.23. The fraction of sp³-hybridized carbons (Fsp3) is 0.597. The molecule has 0 aliphatic carbocycles. The molecule has 0 radical (unpaired) electrons. The smallest absolute Gasteiger partial charge is 0.306 e. The fourth-order valence-electron chi connectivity index (χ4n) is 8.72. The standard InChI is InChI=1S/C77H122O6/c1-4-7-10-13-16-19-22-25-28-31-33-34-35-36-37-38-39-40-41-42-44-46-49-52-55-58-61-64-67-70-76(79)82-73-74(72-81-75(78)69-66-63-60-57-54-51-48-45-30-27-24-21-18-15-12-9-6-3)83-77(80)71-68-65-62-59-56-53-50-47-43-32-29-26-23-20-17-14-11-8-5-2/h7,9-10,12,16,18-19,21,25-30,33-34,36-37,39-40,42,44,48-49,51-52,58,61,74H,4-6,8,11,13-15,17,20,22-24,31-32,35,38,41,43,45-47,50,53-57,59-60,62-73H2,1-3H3/b10-7-,12-9-,19-16-,21-18-,28-25-,29-26-,30-27-,34-33-,37-36-,40-39-,44-42-,51-48-,52-49-,61-58-. The first-order valence-electron chi connectivity index (χ1n) is 33.6. The average molecular weight is 1140 g/mol. The van der Waals surface area contributed by atoms with E-state index in [9.17, 15) is 14.4 Å². The van der Waals surface area contributed by atoms with Crippen LogP contribution in [0, 0.1) is 0 Å². The molecule has 0 bridgehead atoms. The molecule has 0 aliphatic rings. The van der Waals surface area contributed by atoms with Gasteiger partial charge in [0.1, 0.15) is 13.2 Å². The van der Waals surface area contributed by atoms with Gasteiger partial charge in [0.15, 0.2) is 6.10 Å². The second-order valence-electron chi connectivity index (χ2n) is 21.6. The SMILES string of the molecule is CC/C=C\C/C=C\C/C=C\C/C=C\C/C=C\C/C=C\C/C=C\C/C=C\C/C=C\CCCC(=O)OCC(COC(=O)CCCCCC/C=C\C/C=C\C/C=C\C/C=C\CC)OC(=O)CCCCCCCCCCC/C=C\CCCCCCCC. The second kappa shape index (κ2) is 69.3. The third kappa shape index (κ3) is 67.4. The van der Waals surface area contributed by atoms with Crippen LogP contribution in [0.1, 0.15) is 278 Å². The predicted molar refractivity (Wildman–Crippen MR) is 361 cm³/mol. The van der Waals surface area contributed by atoms with Gasteiger partial charge < -0.3 is 14.2 Å². The van der Waals surface area contributed by atoms with Crippen LogP contribution < -0.4 is 0 Å². The monoisotopic (exact) mass is 1140 g/mol. The Morgan fingerprint density at radius 1 is 0.253 bits per heavy atom. The van der Waals surface area contributed by atoms with Crippen LogP contribution in [-0.2, 0) is 28.6 Å². The van der Waals surface area contributed by atoms with E-state index in [0.717, 1.165) is 141 Å². The van der Waals surface area contributed by atoms with Gasteiger partial charge >= 0.3 is 17.9 Å². The summed E-state index contributed by atoms with van der Waals surface area (Å²) in [6, 6.07) is 0. The minimum atomic E-state index is -0.824. The van der Waals surface area contributed by atoms with Crippen LogP contribution in [0.5, 0.6) is 0 Å². The minimum absolute atomic E-state index is 0.116. The first-order chi connectivity index (χ1) is 41.0. The number of carbonyl (C=O) groups excluding carboxylic acids is 3. The Morgan fingerprint density at radius 3 is 0.795 bits per heavy atom. The Kier molecular flexibility index (Phi) is 64.9. The van der Waals surface area contributed by atoms with E-state index < -0.39 is 6.10 Å². The molecule has 0 saturated carbocycles. The summed E-state index contributed by atoms with van der Waals surface area (Å²) < 4.78 is 16.9. The van der Waals surface area contributed by atoms with E-state index in [-0.39, 0.29) is 37.5 Å². The molecule has 0 aliphatic heterocycles. The van der Waals surface area contributed by atoms with Crippen molar-refractivity contribution in [1.29, 1.82) is 0 Å². The van der Waals surface area contributed by atoms with Crippen LogP contribution in [0.25, 0.3) is 0 Å². The van der Waals surface area contributed by atoms with E-state index in [2.05, 4.69) is 191 Å². The summed E-state index contributed by atoms with van der Waals surface area (Å²) in [6.45, 7) is 6.34. The molecule has 0 saturated heterocycles. The quantitative estimate of drug-likeness (QED) is 0.0261. The summed E-state index contributed by atoms with van der Waals surface area (Å²) in [6.07, 6.45) is 102. The molecule has 0 fully saturated rings. The van der Waals surface area contributed by atoms with Crippen LogP contribution >= 0.6 is 0 Å². The molecule has 0 N–H and O–H groups in total. The first-order valence-corrected chi connectivity index (χ1v) is 33.6. The van der Waals surface area contributed by atoms with Gasteiger partial charge in [-0.1, -0.05) is 281 Å². The van der Waals surface area contributed by atoms with Gasteiger partial charge in [0.2, 0.25) is 0 Å². The lowest BCUT2D eigenvalue weighted by molar-refractivity contribution is -0.167. The molecular weight excluding hydrogens is 1020 g/mol. The first kappa shape index (κ1) is 77.8. The maximum absolute atomic E-state index is 12.9. The third-order valence-corrected chi connectivity index (χ3v) is 13.7. The van der Waals surface area contributed by atoms with Gasteiger partial charge in [-0.3, -0.25) is 14.4 Å². The number of esters is 3. The van der Waals surface area contributed by atoms with Crippen molar-refractivity contribution < 1.29 is 28.6 Å². The number of hydrogen-bond donors (Lipinski definition) is 0. The molecule has 0 rings (SSSR count). The van der Waals surface area contributed by atoms with Crippen molar-refractivity contribution in [3.63, 3.8) is 0 Å². The Bertz CT molecular complexity index is 1890. The summed E-state index contributed by atoms with van der Waals surface area (Å²) in [4.78, 5) is 38.4. The van der Waals surface area contributed by atoms with E-state index >= 15 is 0 Å². The van der Waals surface area contributed by atoms with Crippen LogP contribution in [-0.4, -0.2) is 37.2 Å². The number of ether oxygens (including phenoxy) is 3. The van der Waals surface area contributed by atoms with Crippen LogP contribution in [0.3, 0.4) is 0 Å². The molecule has 0 amide bonds. The largest absolute Gasteiger partial charge is 0.462 e. The molecule has 0 aromatic rings. The molecule has 0 aromatic heterocycles. The van der Waals surface area contributed by atoms with Crippen molar-refractivity contribution in [2.45, 2.75) is 284 Å². The molecule has 1 atom stereocenters. The summed E-state index contributed by atoms with van der Waals surface area (Å²) in [7, 11) is 0. The fourth-order valence-corrected chi connectivity index (χ4v) is 8.72. The highest BCUT2D eigenvalue weighted by Gasteiger charge is 2.19. The molecule has 0 aromatic carbocycles. The highest BCUT2D eigenvalue weighted by molar-refractivity contribution is 5.71. The lowest BCUT2D eigenvalue weighted by Crippen LogP contribution is -2.30. The van der Waals surface area contributed by atoms with Gasteiger partial charge in [0.25, 0.3) is 0 Å². The van der Waals surface area contributed by atoms with Crippen LogP contribution in [0.2, 0.25) is 0 Å². The highest BCUT2D eigenvalue weighted by atomic mass is 16.6. The second-order valence-corrected chi connectivity index (χ2v) is 21.6. The molecule has 6 nitrogen and oxygen atoms in total. The van der Waals surface area contributed by atoms with E-state index in [4.69, 9.17) is 14.2 Å². The molecule has 1 unspecified atom stereocenters. The highest BCUT2D eigenvalue weighted by Crippen LogP contribution is 2.15. The molecular formula is C77H122O6. The zero-order valence-corrected chi connectivity index (χ0v) is 53.4. The number of allylic oxidation sites excluding steroid dienone is 28. The summed E-state index contributed by atoms with van der Waals surface area (Å²) in [5, 5.41) is 0. The van der Waals surface area contributed by atoms with Crippen LogP contribution in [0.4, 0.5) is 0 Å². The number of carbonyl (C=O) groups is 3. The van der Waals surface area contributed by atoms with E-state index in [1.807, 2.05) is 0 Å². The topological polar surface area (TPSA) is 78.9 Å². The Labute approximate surface area is 511 Å². The molecule has 83 heavy (non-hydrogen) atoms. The predicted octanol–water partition coefficient (Wildman–Crippen LogP) is 23.4. The van der Waals surface area contributed by atoms with Gasteiger partial charge in [0.05, 0.1) is 0 Å². The zero-order chi connectivity index (χ0) is 59.9. The van der Waals surface area contributed by atoms with Crippen molar-refractivity contribution in [2.24, 2.45) is 0 Å². The van der Waals surface area contributed by atoms with Crippen molar-refractivity contribution in [3.05, 3.63) is 170 Å². The van der Waals surface area contributed by atoms with Gasteiger partial charge in [0, 0.05) is 19.3 Å². The van der Waals surface area contributed by atoms with Crippen molar-refractivity contribution in [3.8, 4) is 0 Å². The summed E-state index contributed by atoms with van der Waals surface area (Å²) in [5.74, 6) is -1.00. The van der Waals surface area contributed by atoms with Crippen molar-refractivity contribution in [1.82, 2.24) is 0 Å². The van der Waals surface area contributed by atoms with Crippen LogP contribution in [0.15, 0.2) is 170 Å². The molecule has 0 spiro atoms. The maximum atomic E-state index is 12.9. The van der Waals surface area contributed by atoms with E-state index in [1.165, 1.54) is 89.9 Å². The average Bonchev–Trinajstić information content (AvgIpc) is 3.49.